The largest absolute Gasteiger partial charge is 0.496 e. The molecule has 2 aromatic rings. The quantitative estimate of drug-likeness (QED) is 0.795. The summed E-state index contributed by atoms with van der Waals surface area (Å²) in [6, 6.07) is 7.53. The van der Waals surface area contributed by atoms with Crippen LogP contribution in [0.2, 0.25) is 5.15 Å². The smallest absolute Gasteiger partial charge is 0.164 e. The monoisotopic (exact) mass is 298 g/mol. The minimum Gasteiger partial charge on any atom is -0.496 e. The molecular weight excluding hydrogens is 291 g/mol. The van der Waals surface area contributed by atoms with Gasteiger partial charge in [-0.1, -0.05) is 23.7 Å². The summed E-state index contributed by atoms with van der Waals surface area (Å²) < 4.78 is 5.91. The lowest BCUT2D eigenvalue weighted by atomic mass is 10.2. The predicted octanol–water partition coefficient (Wildman–Crippen LogP) is 3.57. The van der Waals surface area contributed by atoms with E-state index in [2.05, 4.69) is 25.9 Å². The van der Waals surface area contributed by atoms with Gasteiger partial charge in [0.15, 0.2) is 5.82 Å². The molecular formula is C11H8BrClN2O. The third kappa shape index (κ3) is 2.18. The van der Waals surface area contributed by atoms with Gasteiger partial charge in [0.05, 0.1) is 17.1 Å². The molecule has 16 heavy (non-hydrogen) atoms. The number of hydrogen-bond donors (Lipinski definition) is 0. The Morgan fingerprint density at radius 1 is 1.31 bits per heavy atom. The molecule has 82 valence electrons. The van der Waals surface area contributed by atoms with Crippen LogP contribution < -0.4 is 4.74 Å². The maximum absolute atomic E-state index is 5.92. The zero-order valence-electron chi connectivity index (χ0n) is 8.45. The van der Waals surface area contributed by atoms with Crippen molar-refractivity contribution in [2.24, 2.45) is 0 Å². The topological polar surface area (TPSA) is 35.0 Å². The van der Waals surface area contributed by atoms with E-state index in [4.69, 9.17) is 16.3 Å². The van der Waals surface area contributed by atoms with Gasteiger partial charge in [0.25, 0.3) is 0 Å². The fraction of sp³-hybridized carbons (Fsp3) is 0.0909. The number of benzene rings is 1. The van der Waals surface area contributed by atoms with Crippen molar-refractivity contribution in [1.82, 2.24) is 9.97 Å². The summed E-state index contributed by atoms with van der Waals surface area (Å²) in [5, 5.41) is 0.385. The van der Waals surface area contributed by atoms with Gasteiger partial charge in [-0.3, -0.25) is 0 Å². The van der Waals surface area contributed by atoms with Gasteiger partial charge in [-0.25, -0.2) is 9.97 Å². The van der Waals surface area contributed by atoms with Crippen LogP contribution in [0.15, 0.2) is 34.9 Å². The van der Waals surface area contributed by atoms with Crippen LogP contribution >= 0.6 is 27.5 Å². The van der Waals surface area contributed by atoms with E-state index in [0.29, 0.717) is 15.5 Å². The first kappa shape index (κ1) is 11.4. The average Bonchev–Trinajstić information content (AvgIpc) is 2.32. The van der Waals surface area contributed by atoms with E-state index >= 15 is 0 Å². The number of aromatic nitrogens is 2. The zero-order chi connectivity index (χ0) is 11.5. The summed E-state index contributed by atoms with van der Waals surface area (Å²) in [6.45, 7) is 0. The second-order valence-electron chi connectivity index (χ2n) is 3.03. The minimum atomic E-state index is 0.385. The van der Waals surface area contributed by atoms with Crippen molar-refractivity contribution in [3.63, 3.8) is 0 Å². The molecule has 1 heterocycles. The van der Waals surface area contributed by atoms with Crippen molar-refractivity contribution in [2.75, 3.05) is 7.11 Å². The Kier molecular flexibility index (Phi) is 3.41. The van der Waals surface area contributed by atoms with E-state index in [1.165, 1.54) is 0 Å². The molecule has 0 bridgehead atoms. The SMILES string of the molecule is COc1ccccc1-c1ncc(Br)c(Cl)n1. The van der Waals surface area contributed by atoms with Crippen LogP contribution in [0, 0.1) is 0 Å². The first-order chi connectivity index (χ1) is 7.72. The molecule has 0 aliphatic heterocycles. The molecule has 0 spiro atoms. The Bertz CT molecular complexity index is 519. The predicted molar refractivity (Wildman–Crippen MR) is 66.7 cm³/mol. The standard InChI is InChI=1S/C11H8BrClN2O/c1-16-9-5-3-2-4-7(9)11-14-6-8(12)10(13)15-11/h2-6H,1H3. The highest BCUT2D eigenvalue weighted by molar-refractivity contribution is 9.10. The molecule has 0 N–H and O–H groups in total. The van der Waals surface area contributed by atoms with Crippen molar-refractivity contribution < 1.29 is 4.74 Å². The zero-order valence-corrected chi connectivity index (χ0v) is 10.8. The Hall–Kier alpha value is -1.13. The lowest BCUT2D eigenvalue weighted by Crippen LogP contribution is -1.93. The van der Waals surface area contributed by atoms with E-state index in [0.717, 1.165) is 11.3 Å². The molecule has 5 heteroatoms. The van der Waals surface area contributed by atoms with Crippen LogP contribution in [0.4, 0.5) is 0 Å². The molecule has 2 rings (SSSR count). The summed E-state index contributed by atoms with van der Waals surface area (Å²) >= 11 is 9.17. The molecule has 0 unspecified atom stereocenters. The van der Waals surface area contributed by atoms with Crippen LogP contribution in [0.25, 0.3) is 11.4 Å². The van der Waals surface area contributed by atoms with E-state index < -0.39 is 0 Å². The first-order valence-corrected chi connectivity index (χ1v) is 5.71. The Morgan fingerprint density at radius 2 is 2.06 bits per heavy atom. The molecule has 0 fully saturated rings. The normalized spacial score (nSPS) is 10.2. The highest BCUT2D eigenvalue weighted by Gasteiger charge is 2.09. The summed E-state index contributed by atoms with van der Waals surface area (Å²) in [7, 11) is 1.61. The van der Waals surface area contributed by atoms with Crippen molar-refractivity contribution in [3.05, 3.63) is 40.1 Å². The summed E-state index contributed by atoms with van der Waals surface area (Å²) in [6.07, 6.45) is 1.62. The fourth-order valence-corrected chi connectivity index (χ4v) is 1.63. The third-order valence-corrected chi connectivity index (χ3v) is 3.15. The van der Waals surface area contributed by atoms with Gasteiger partial charge < -0.3 is 4.74 Å². The molecule has 0 saturated carbocycles. The third-order valence-electron chi connectivity index (χ3n) is 2.05. The number of ether oxygens (including phenoxy) is 1. The van der Waals surface area contributed by atoms with Crippen LogP contribution in [-0.4, -0.2) is 17.1 Å². The molecule has 0 aliphatic carbocycles. The number of rotatable bonds is 2. The Morgan fingerprint density at radius 3 is 2.75 bits per heavy atom. The number of halogens is 2. The molecule has 0 aliphatic rings. The van der Waals surface area contributed by atoms with Crippen molar-refractivity contribution in [2.45, 2.75) is 0 Å². The second kappa shape index (κ2) is 4.80. The maximum atomic E-state index is 5.92. The van der Waals surface area contributed by atoms with Gasteiger partial charge in [-0.05, 0) is 28.1 Å². The summed E-state index contributed by atoms with van der Waals surface area (Å²) in [5.41, 5.74) is 0.819. The molecule has 1 aromatic heterocycles. The van der Waals surface area contributed by atoms with Crippen molar-refractivity contribution in [3.8, 4) is 17.1 Å². The number of methoxy groups -OCH3 is 1. The highest BCUT2D eigenvalue weighted by atomic mass is 79.9. The molecule has 1 aromatic carbocycles. The maximum Gasteiger partial charge on any atom is 0.164 e. The van der Waals surface area contributed by atoms with Crippen molar-refractivity contribution >= 4 is 27.5 Å². The lowest BCUT2D eigenvalue weighted by Gasteiger charge is -2.06. The van der Waals surface area contributed by atoms with Gasteiger partial charge in [0.2, 0.25) is 0 Å². The van der Waals surface area contributed by atoms with Crippen LogP contribution in [0.1, 0.15) is 0 Å². The molecule has 0 saturated heterocycles. The lowest BCUT2D eigenvalue weighted by molar-refractivity contribution is 0.416. The van der Waals surface area contributed by atoms with E-state index in [1.54, 1.807) is 13.3 Å². The Balaban J connectivity index is 2.54. The molecule has 0 radical (unpaired) electrons. The summed E-state index contributed by atoms with van der Waals surface area (Å²) in [5.74, 6) is 1.27. The number of hydrogen-bond acceptors (Lipinski definition) is 3. The van der Waals surface area contributed by atoms with Gasteiger partial charge in [0, 0.05) is 6.20 Å². The van der Waals surface area contributed by atoms with Gasteiger partial charge in [0.1, 0.15) is 10.9 Å². The summed E-state index contributed by atoms with van der Waals surface area (Å²) in [4.78, 5) is 8.37. The van der Waals surface area contributed by atoms with E-state index in [1.807, 2.05) is 24.3 Å². The van der Waals surface area contributed by atoms with Crippen LogP contribution in [-0.2, 0) is 0 Å². The molecule has 0 amide bonds. The van der Waals surface area contributed by atoms with Crippen molar-refractivity contribution in [1.29, 1.82) is 0 Å². The second-order valence-corrected chi connectivity index (χ2v) is 4.24. The average molecular weight is 300 g/mol. The molecule has 0 atom stereocenters. The van der Waals surface area contributed by atoms with Gasteiger partial charge in [-0.15, -0.1) is 0 Å². The number of para-hydroxylation sites is 1. The van der Waals surface area contributed by atoms with Crippen LogP contribution in [0.3, 0.4) is 0 Å². The number of nitrogens with zero attached hydrogens (tertiary/aromatic N) is 2. The van der Waals surface area contributed by atoms with E-state index in [-0.39, 0.29) is 0 Å². The fourth-order valence-electron chi connectivity index (χ4n) is 1.31. The van der Waals surface area contributed by atoms with Gasteiger partial charge in [-0.2, -0.15) is 0 Å². The first-order valence-electron chi connectivity index (χ1n) is 4.54. The highest BCUT2D eigenvalue weighted by Crippen LogP contribution is 2.29. The van der Waals surface area contributed by atoms with Crippen LogP contribution in [0.5, 0.6) is 5.75 Å². The van der Waals surface area contributed by atoms with Gasteiger partial charge >= 0.3 is 0 Å². The molecule has 3 nitrogen and oxygen atoms in total. The Labute approximate surface area is 107 Å². The minimum absolute atomic E-state index is 0.385. The van der Waals surface area contributed by atoms with E-state index in [9.17, 15) is 0 Å².